The average Bonchev–Trinajstić information content (AvgIpc) is 2.48. The number of hydrogen-bond donors (Lipinski definition) is 2. The quantitative estimate of drug-likeness (QED) is 0.739. The maximum absolute atomic E-state index is 12.5. The maximum Gasteiger partial charge on any atom is 0.277 e. The molecule has 122 valence electrons. The standard InChI is InChI=1S/C12H17ClN4O4S/c1-21-11-7-10(14)9(13)6-8(11)12(18)16-2-4-17(5-3-16)22(15,19)20/h6-7H,2-5,14H2,1H3,(H2,15,19,20). The molecule has 2 rings (SSSR count). The molecule has 1 saturated heterocycles. The minimum absolute atomic E-state index is 0.148. The number of piperazine rings is 1. The molecule has 4 N–H and O–H groups in total. The zero-order chi connectivity index (χ0) is 16.5. The van der Waals surface area contributed by atoms with Crippen molar-refractivity contribution in [2.75, 3.05) is 39.0 Å². The lowest BCUT2D eigenvalue weighted by Gasteiger charge is -2.33. The molecule has 0 aliphatic carbocycles. The van der Waals surface area contributed by atoms with Crippen LogP contribution in [0.2, 0.25) is 5.02 Å². The van der Waals surface area contributed by atoms with Gasteiger partial charge in [-0.15, -0.1) is 0 Å². The Morgan fingerprint density at radius 3 is 2.36 bits per heavy atom. The highest BCUT2D eigenvalue weighted by atomic mass is 35.5. The smallest absolute Gasteiger partial charge is 0.277 e. The van der Waals surface area contributed by atoms with Gasteiger partial charge in [0, 0.05) is 32.2 Å². The van der Waals surface area contributed by atoms with Crippen LogP contribution in [0.3, 0.4) is 0 Å². The number of methoxy groups -OCH3 is 1. The summed E-state index contributed by atoms with van der Waals surface area (Å²) < 4.78 is 28.8. The third-order valence-corrected chi connectivity index (χ3v) is 4.85. The van der Waals surface area contributed by atoms with Gasteiger partial charge in [0.05, 0.1) is 23.4 Å². The number of amides is 1. The first-order valence-electron chi connectivity index (χ1n) is 6.44. The number of nitrogens with zero attached hydrogens (tertiary/aromatic N) is 2. The monoisotopic (exact) mass is 348 g/mol. The Morgan fingerprint density at radius 2 is 1.86 bits per heavy atom. The summed E-state index contributed by atoms with van der Waals surface area (Å²) >= 11 is 5.95. The third-order valence-electron chi connectivity index (χ3n) is 3.43. The Hall–Kier alpha value is -1.55. The lowest BCUT2D eigenvalue weighted by molar-refractivity contribution is 0.0694. The van der Waals surface area contributed by atoms with Crippen molar-refractivity contribution in [3.05, 3.63) is 22.7 Å². The van der Waals surface area contributed by atoms with Crippen molar-refractivity contribution in [2.45, 2.75) is 0 Å². The Balaban J connectivity index is 2.19. The molecule has 0 bridgehead atoms. The Bertz CT molecular complexity index is 687. The van der Waals surface area contributed by atoms with E-state index in [1.54, 1.807) is 0 Å². The number of carbonyl (C=O) groups is 1. The molecule has 0 radical (unpaired) electrons. The van der Waals surface area contributed by atoms with Gasteiger partial charge < -0.3 is 15.4 Å². The molecule has 0 unspecified atom stereocenters. The largest absolute Gasteiger partial charge is 0.496 e. The summed E-state index contributed by atoms with van der Waals surface area (Å²) in [6.45, 7) is 0.770. The molecule has 0 spiro atoms. The molecule has 0 aromatic heterocycles. The van der Waals surface area contributed by atoms with Gasteiger partial charge in [-0.2, -0.15) is 12.7 Å². The Kier molecular flexibility index (Phi) is 4.81. The summed E-state index contributed by atoms with van der Waals surface area (Å²) in [5.74, 6) is 0.0218. The molecule has 1 aromatic rings. The third kappa shape index (κ3) is 3.43. The van der Waals surface area contributed by atoms with Crippen LogP contribution in [-0.4, -0.2) is 56.8 Å². The minimum atomic E-state index is -3.73. The number of hydrogen-bond acceptors (Lipinski definition) is 5. The van der Waals surface area contributed by atoms with Crippen molar-refractivity contribution in [1.82, 2.24) is 9.21 Å². The molecule has 0 atom stereocenters. The van der Waals surface area contributed by atoms with Crippen molar-refractivity contribution in [1.29, 1.82) is 0 Å². The topological polar surface area (TPSA) is 119 Å². The molecule has 22 heavy (non-hydrogen) atoms. The van der Waals surface area contributed by atoms with E-state index in [9.17, 15) is 13.2 Å². The minimum Gasteiger partial charge on any atom is -0.496 e. The molecule has 1 aromatic carbocycles. The molecule has 0 saturated carbocycles. The second-order valence-corrected chi connectivity index (χ2v) is 6.76. The molecule has 10 heteroatoms. The average molecular weight is 349 g/mol. The predicted octanol–water partition coefficient (Wildman–Crippen LogP) is -0.108. The Morgan fingerprint density at radius 1 is 1.27 bits per heavy atom. The van der Waals surface area contributed by atoms with E-state index in [1.807, 2.05) is 0 Å². The summed E-state index contributed by atoms with van der Waals surface area (Å²) in [7, 11) is -2.30. The number of nitrogen functional groups attached to an aromatic ring is 1. The fourth-order valence-corrected chi connectivity index (χ4v) is 3.06. The molecular weight excluding hydrogens is 332 g/mol. The highest BCUT2D eigenvalue weighted by Gasteiger charge is 2.28. The summed E-state index contributed by atoms with van der Waals surface area (Å²) in [5, 5.41) is 5.33. The van der Waals surface area contributed by atoms with Crippen LogP contribution >= 0.6 is 11.6 Å². The van der Waals surface area contributed by atoms with Crippen molar-refractivity contribution >= 4 is 33.4 Å². The molecule has 1 aliphatic rings. The number of carbonyl (C=O) groups excluding carboxylic acids is 1. The van der Waals surface area contributed by atoms with Crippen LogP contribution in [0.25, 0.3) is 0 Å². The predicted molar refractivity (Wildman–Crippen MR) is 83.0 cm³/mol. The van der Waals surface area contributed by atoms with Gasteiger partial charge in [0.25, 0.3) is 16.1 Å². The van der Waals surface area contributed by atoms with E-state index in [-0.39, 0.29) is 42.7 Å². The van der Waals surface area contributed by atoms with Gasteiger partial charge in [0.15, 0.2) is 0 Å². The SMILES string of the molecule is COc1cc(N)c(Cl)cc1C(=O)N1CCN(S(N)(=O)=O)CC1. The van der Waals surface area contributed by atoms with E-state index in [1.165, 1.54) is 24.1 Å². The van der Waals surface area contributed by atoms with Crippen LogP contribution in [0, 0.1) is 0 Å². The van der Waals surface area contributed by atoms with E-state index >= 15 is 0 Å². The number of nitrogens with two attached hydrogens (primary N) is 2. The fourth-order valence-electron chi connectivity index (χ4n) is 2.22. The van der Waals surface area contributed by atoms with E-state index < -0.39 is 10.2 Å². The van der Waals surface area contributed by atoms with Crippen LogP contribution in [-0.2, 0) is 10.2 Å². The van der Waals surface area contributed by atoms with Crippen molar-refractivity contribution < 1.29 is 17.9 Å². The van der Waals surface area contributed by atoms with Crippen LogP contribution in [0.4, 0.5) is 5.69 Å². The molecule has 1 heterocycles. The number of halogens is 1. The maximum atomic E-state index is 12.5. The van der Waals surface area contributed by atoms with Crippen LogP contribution < -0.4 is 15.6 Å². The summed E-state index contributed by atoms with van der Waals surface area (Å²) in [6.07, 6.45) is 0. The fraction of sp³-hybridized carbons (Fsp3) is 0.417. The second-order valence-electron chi connectivity index (χ2n) is 4.81. The summed E-state index contributed by atoms with van der Waals surface area (Å²) in [5.41, 5.74) is 6.28. The van der Waals surface area contributed by atoms with Gasteiger partial charge in [0.1, 0.15) is 5.75 Å². The van der Waals surface area contributed by atoms with Gasteiger partial charge >= 0.3 is 0 Å². The van der Waals surface area contributed by atoms with Gasteiger partial charge in [-0.05, 0) is 6.07 Å². The highest BCUT2D eigenvalue weighted by molar-refractivity contribution is 7.86. The first-order valence-corrected chi connectivity index (χ1v) is 8.32. The van der Waals surface area contributed by atoms with Gasteiger partial charge in [0.2, 0.25) is 0 Å². The first-order chi connectivity index (χ1) is 10.2. The summed E-state index contributed by atoms with van der Waals surface area (Å²) in [6, 6.07) is 2.93. The Labute approximate surface area is 133 Å². The first kappa shape index (κ1) is 16.8. The van der Waals surface area contributed by atoms with Gasteiger partial charge in [-0.3, -0.25) is 4.79 Å². The van der Waals surface area contributed by atoms with Crippen LogP contribution in [0.1, 0.15) is 10.4 Å². The van der Waals surface area contributed by atoms with Crippen LogP contribution in [0.5, 0.6) is 5.75 Å². The number of rotatable bonds is 3. The van der Waals surface area contributed by atoms with Crippen molar-refractivity contribution in [3.63, 3.8) is 0 Å². The molecule has 1 aliphatic heterocycles. The zero-order valence-electron chi connectivity index (χ0n) is 12.0. The number of ether oxygens (including phenoxy) is 1. The highest BCUT2D eigenvalue weighted by Crippen LogP contribution is 2.30. The molecule has 1 fully saturated rings. The lowest BCUT2D eigenvalue weighted by Crippen LogP contribution is -2.52. The normalized spacial score (nSPS) is 16.6. The number of benzene rings is 1. The van der Waals surface area contributed by atoms with Gasteiger partial charge in [-0.25, -0.2) is 5.14 Å². The molecule has 8 nitrogen and oxygen atoms in total. The summed E-state index contributed by atoms with van der Waals surface area (Å²) in [4.78, 5) is 14.1. The molecule has 1 amide bonds. The zero-order valence-corrected chi connectivity index (χ0v) is 13.5. The van der Waals surface area contributed by atoms with E-state index in [0.29, 0.717) is 11.4 Å². The van der Waals surface area contributed by atoms with E-state index in [4.69, 9.17) is 27.2 Å². The van der Waals surface area contributed by atoms with E-state index in [2.05, 4.69) is 0 Å². The van der Waals surface area contributed by atoms with Crippen LogP contribution in [0.15, 0.2) is 12.1 Å². The number of anilines is 1. The second kappa shape index (κ2) is 6.29. The van der Waals surface area contributed by atoms with Crippen molar-refractivity contribution in [3.8, 4) is 5.75 Å². The molecular formula is C12H17ClN4O4S. The van der Waals surface area contributed by atoms with E-state index in [0.717, 1.165) is 4.31 Å². The lowest BCUT2D eigenvalue weighted by atomic mass is 10.1. The van der Waals surface area contributed by atoms with Crippen molar-refractivity contribution in [2.24, 2.45) is 5.14 Å². The van der Waals surface area contributed by atoms with Gasteiger partial charge in [-0.1, -0.05) is 11.6 Å².